The molecule has 2 unspecified atom stereocenters. The number of hydrogen-bond donors (Lipinski definition) is 2. The summed E-state index contributed by atoms with van der Waals surface area (Å²) in [6.45, 7) is 1.27. The molecule has 8 heteroatoms. The Hall–Kier alpha value is -2.64. The molecule has 150 valence electrons. The number of halogens is 1. The maximum absolute atomic E-state index is 12.9. The molecule has 2 aromatic rings. The Balaban J connectivity index is 0.00000280. The number of hydrogen-bond acceptors (Lipinski definition) is 5. The van der Waals surface area contributed by atoms with Crippen molar-refractivity contribution in [2.24, 2.45) is 0 Å². The molecule has 1 aliphatic heterocycles. The summed E-state index contributed by atoms with van der Waals surface area (Å²) < 4.78 is 5.09. The molecule has 2 N–H and O–H groups in total. The fourth-order valence-corrected chi connectivity index (χ4v) is 3.13. The number of nitrogens with zero attached hydrogens (tertiary/aromatic N) is 2. The monoisotopic (exact) mass is 405 g/mol. The van der Waals surface area contributed by atoms with Crippen LogP contribution in [0.1, 0.15) is 34.9 Å². The Morgan fingerprint density at radius 2 is 1.71 bits per heavy atom. The summed E-state index contributed by atoms with van der Waals surface area (Å²) in [4.78, 5) is 31.2. The van der Waals surface area contributed by atoms with E-state index in [4.69, 9.17) is 4.74 Å². The van der Waals surface area contributed by atoms with Gasteiger partial charge in [0.2, 0.25) is 5.91 Å². The van der Waals surface area contributed by atoms with Crippen LogP contribution in [0.3, 0.4) is 0 Å². The first-order chi connectivity index (χ1) is 13.1. The molecular formula is C20H24ClN3O4. The van der Waals surface area contributed by atoms with E-state index < -0.39 is 18.1 Å². The average Bonchev–Trinajstić information content (AvgIpc) is 3.26. The fraction of sp³-hybridized carbons (Fsp3) is 0.350. The molecule has 2 amide bonds. The molecule has 2 atom stereocenters. The van der Waals surface area contributed by atoms with Crippen LogP contribution in [0.2, 0.25) is 0 Å². The van der Waals surface area contributed by atoms with Crippen molar-refractivity contribution < 1.29 is 19.4 Å². The van der Waals surface area contributed by atoms with Crippen LogP contribution in [0.15, 0.2) is 48.8 Å². The van der Waals surface area contributed by atoms with Gasteiger partial charge in [-0.15, -0.1) is 12.4 Å². The third kappa shape index (κ3) is 4.99. The molecular weight excluding hydrogens is 382 g/mol. The molecule has 7 nitrogen and oxygen atoms in total. The number of aromatic nitrogens is 1. The topological polar surface area (TPSA) is 91.8 Å². The van der Waals surface area contributed by atoms with E-state index in [1.54, 1.807) is 60.8 Å². The number of aliphatic hydroxyl groups is 1. The Kier molecular flexibility index (Phi) is 7.78. The highest BCUT2D eigenvalue weighted by Gasteiger charge is 2.34. The number of nitrogens with one attached hydrogen (secondary N) is 1. The number of pyridine rings is 1. The normalized spacial score (nSPS) is 15.3. The van der Waals surface area contributed by atoms with Gasteiger partial charge in [-0.3, -0.25) is 14.6 Å². The van der Waals surface area contributed by atoms with E-state index in [0.717, 1.165) is 12.8 Å². The second kappa shape index (κ2) is 10.1. The minimum Gasteiger partial charge on any atom is -0.497 e. The lowest BCUT2D eigenvalue weighted by atomic mass is 10.0. The van der Waals surface area contributed by atoms with Crippen LogP contribution in [0.25, 0.3) is 0 Å². The number of likely N-dealkylation sites (tertiary alicyclic amines) is 1. The maximum Gasteiger partial charge on any atom is 0.252 e. The lowest BCUT2D eigenvalue weighted by Gasteiger charge is -2.28. The van der Waals surface area contributed by atoms with Crippen LogP contribution in [-0.2, 0) is 4.79 Å². The van der Waals surface area contributed by atoms with Crippen LogP contribution in [0.5, 0.6) is 5.75 Å². The number of carbonyl (C=O) groups is 2. The van der Waals surface area contributed by atoms with Crippen LogP contribution < -0.4 is 10.1 Å². The van der Waals surface area contributed by atoms with Gasteiger partial charge in [-0.25, -0.2) is 0 Å². The molecule has 1 saturated heterocycles. The molecule has 0 bridgehead atoms. The van der Waals surface area contributed by atoms with Crippen molar-refractivity contribution in [1.29, 1.82) is 0 Å². The molecule has 1 aliphatic rings. The van der Waals surface area contributed by atoms with Gasteiger partial charge in [-0.05, 0) is 54.8 Å². The molecule has 0 radical (unpaired) electrons. The average molecular weight is 406 g/mol. The van der Waals surface area contributed by atoms with Crippen molar-refractivity contribution in [3.8, 4) is 5.75 Å². The van der Waals surface area contributed by atoms with Gasteiger partial charge in [0.15, 0.2) is 0 Å². The van der Waals surface area contributed by atoms with Crippen LogP contribution in [0.4, 0.5) is 0 Å². The van der Waals surface area contributed by atoms with Crippen LogP contribution in [-0.4, -0.2) is 53.0 Å². The first-order valence-corrected chi connectivity index (χ1v) is 8.92. The quantitative estimate of drug-likeness (QED) is 0.766. The predicted octanol–water partition coefficient (Wildman–Crippen LogP) is 1.97. The van der Waals surface area contributed by atoms with Gasteiger partial charge >= 0.3 is 0 Å². The van der Waals surface area contributed by atoms with Crippen LogP contribution >= 0.6 is 12.4 Å². The molecule has 28 heavy (non-hydrogen) atoms. The third-order valence-electron chi connectivity index (χ3n) is 4.69. The Morgan fingerprint density at radius 3 is 2.29 bits per heavy atom. The fourth-order valence-electron chi connectivity index (χ4n) is 3.13. The largest absolute Gasteiger partial charge is 0.497 e. The number of methoxy groups -OCH3 is 1. The molecule has 0 aliphatic carbocycles. The van der Waals surface area contributed by atoms with Gasteiger partial charge in [0.05, 0.1) is 7.11 Å². The number of amides is 2. The minimum absolute atomic E-state index is 0. The number of carbonyl (C=O) groups excluding carboxylic acids is 2. The van der Waals surface area contributed by atoms with Crippen molar-refractivity contribution in [2.75, 3.05) is 20.2 Å². The zero-order valence-electron chi connectivity index (χ0n) is 15.6. The van der Waals surface area contributed by atoms with Gasteiger partial charge in [0.1, 0.15) is 17.9 Å². The third-order valence-corrected chi connectivity index (χ3v) is 4.69. The molecule has 2 heterocycles. The molecule has 0 spiro atoms. The second-order valence-electron chi connectivity index (χ2n) is 6.44. The lowest BCUT2D eigenvalue weighted by Crippen LogP contribution is -2.51. The number of rotatable bonds is 6. The zero-order chi connectivity index (χ0) is 19.2. The van der Waals surface area contributed by atoms with E-state index in [1.807, 2.05) is 0 Å². The standard InChI is InChI=1S/C20H23N3O4.ClH/c1-27-16-6-4-15(5-7-16)19(25)22-17(20(26)23-12-2-3-13-23)18(24)14-8-10-21-11-9-14;/h4-11,17-18,24H,2-3,12-13H2,1H3,(H,22,25);1H. The molecule has 1 aromatic heterocycles. The Bertz CT molecular complexity index is 780. The van der Waals surface area contributed by atoms with E-state index in [1.165, 1.54) is 0 Å². The van der Waals surface area contributed by atoms with E-state index in [2.05, 4.69) is 10.3 Å². The molecule has 0 saturated carbocycles. The van der Waals surface area contributed by atoms with Crippen LogP contribution in [0, 0.1) is 0 Å². The molecule has 1 aromatic carbocycles. The predicted molar refractivity (Wildman–Crippen MR) is 107 cm³/mol. The SMILES string of the molecule is COc1ccc(C(=O)NC(C(=O)N2CCCC2)C(O)c2ccncc2)cc1.Cl. The van der Waals surface area contributed by atoms with Gasteiger partial charge in [0, 0.05) is 31.0 Å². The first kappa shape index (κ1) is 21.7. The van der Waals surface area contributed by atoms with Crippen molar-refractivity contribution >= 4 is 24.2 Å². The Morgan fingerprint density at radius 1 is 1.11 bits per heavy atom. The summed E-state index contributed by atoms with van der Waals surface area (Å²) in [5.41, 5.74) is 0.912. The summed E-state index contributed by atoms with van der Waals surface area (Å²) >= 11 is 0. The first-order valence-electron chi connectivity index (χ1n) is 8.92. The van der Waals surface area contributed by atoms with Gasteiger partial charge < -0.3 is 20.1 Å². The van der Waals surface area contributed by atoms with E-state index >= 15 is 0 Å². The van der Waals surface area contributed by atoms with Crippen molar-refractivity contribution in [1.82, 2.24) is 15.2 Å². The van der Waals surface area contributed by atoms with Crippen molar-refractivity contribution in [3.63, 3.8) is 0 Å². The number of benzene rings is 1. The van der Waals surface area contributed by atoms with E-state index in [-0.39, 0.29) is 18.3 Å². The highest BCUT2D eigenvalue weighted by atomic mass is 35.5. The summed E-state index contributed by atoms with van der Waals surface area (Å²) in [6, 6.07) is 8.77. The summed E-state index contributed by atoms with van der Waals surface area (Å²) in [6.07, 6.45) is 3.78. The summed E-state index contributed by atoms with van der Waals surface area (Å²) in [5.74, 6) is -0.0740. The molecule has 3 rings (SSSR count). The smallest absolute Gasteiger partial charge is 0.252 e. The van der Waals surface area contributed by atoms with Gasteiger partial charge in [0.25, 0.3) is 5.91 Å². The number of aliphatic hydroxyl groups excluding tert-OH is 1. The van der Waals surface area contributed by atoms with Gasteiger partial charge in [-0.1, -0.05) is 0 Å². The molecule has 1 fully saturated rings. The van der Waals surface area contributed by atoms with E-state index in [9.17, 15) is 14.7 Å². The van der Waals surface area contributed by atoms with E-state index in [0.29, 0.717) is 30.0 Å². The second-order valence-corrected chi connectivity index (χ2v) is 6.44. The van der Waals surface area contributed by atoms with Crippen molar-refractivity contribution in [3.05, 3.63) is 59.9 Å². The highest BCUT2D eigenvalue weighted by Crippen LogP contribution is 2.21. The highest BCUT2D eigenvalue weighted by molar-refractivity contribution is 5.98. The zero-order valence-corrected chi connectivity index (χ0v) is 16.4. The summed E-state index contributed by atoms with van der Waals surface area (Å²) in [5, 5.41) is 13.5. The lowest BCUT2D eigenvalue weighted by molar-refractivity contribution is -0.135. The van der Waals surface area contributed by atoms with Gasteiger partial charge in [-0.2, -0.15) is 0 Å². The maximum atomic E-state index is 12.9. The minimum atomic E-state index is -1.16. The number of ether oxygens (including phenoxy) is 1. The Labute approximate surface area is 170 Å². The summed E-state index contributed by atoms with van der Waals surface area (Å²) in [7, 11) is 1.55. The van der Waals surface area contributed by atoms with Crippen molar-refractivity contribution in [2.45, 2.75) is 25.0 Å².